The Bertz CT molecular complexity index is 265. The molecule has 2 heterocycles. The Kier molecular flexibility index (Phi) is 6.85. The first-order valence-corrected chi connectivity index (χ1v) is 2.93. The second-order valence-corrected chi connectivity index (χ2v) is 1.99. The molecule has 12 heavy (non-hydrogen) atoms. The molecule has 0 aromatic carbocycles. The van der Waals surface area contributed by atoms with Gasteiger partial charge in [0.15, 0.2) is 0 Å². The highest BCUT2D eigenvalue weighted by atomic mass is 35.5. The number of hydrogen-bond donors (Lipinski definition) is 0. The minimum Gasteiger partial charge on any atom is -0.269 e. The van der Waals surface area contributed by atoms with Gasteiger partial charge in [-0.05, 0) is 12.1 Å². The lowest BCUT2D eigenvalue weighted by atomic mass is 10.3. The van der Waals surface area contributed by atoms with Gasteiger partial charge in [-0.3, -0.25) is 14.7 Å². The van der Waals surface area contributed by atoms with Crippen LogP contribution in [0.25, 0.3) is 0 Å². The Labute approximate surface area is 82.3 Å². The molecule has 0 radical (unpaired) electrons. The summed E-state index contributed by atoms with van der Waals surface area (Å²) >= 11 is 0. The molecule has 0 fully saturated rings. The van der Waals surface area contributed by atoms with E-state index in [4.69, 9.17) is 0 Å². The third-order valence-corrected chi connectivity index (χ3v) is 1.38. The molecule has 2 nitrogen and oxygen atoms in total. The average Bonchev–Trinajstić information content (AvgIpc) is 2.33. The van der Waals surface area contributed by atoms with Crippen LogP contribution in [0.1, 0.15) is 5.69 Å². The van der Waals surface area contributed by atoms with Crippen molar-refractivity contribution in [1.82, 2.24) is 4.98 Å². The predicted molar refractivity (Wildman–Crippen MR) is 53.1 cm³/mol. The third kappa shape index (κ3) is 2.43. The van der Waals surface area contributed by atoms with Gasteiger partial charge in [0.25, 0.3) is 0 Å². The van der Waals surface area contributed by atoms with E-state index in [0.717, 1.165) is 17.8 Å². The molecule has 0 unspecified atom stereocenters. The first kappa shape index (κ1) is 13.9. The molecule has 1 aromatic heterocycles. The fourth-order valence-electron chi connectivity index (χ4n) is 0.935. The zero-order valence-electron chi connectivity index (χ0n) is 6.14. The van der Waals surface area contributed by atoms with Gasteiger partial charge in [0.05, 0.1) is 11.4 Å². The van der Waals surface area contributed by atoms with E-state index in [2.05, 4.69) is 9.98 Å². The molecule has 0 N–H and O–H groups in total. The lowest BCUT2D eigenvalue weighted by Crippen LogP contribution is -1.81. The van der Waals surface area contributed by atoms with Crippen LogP contribution < -0.4 is 0 Å². The quantitative estimate of drug-likeness (QED) is 0.646. The number of nitrogens with zero attached hydrogens (tertiary/aromatic N) is 2. The summed E-state index contributed by atoms with van der Waals surface area (Å²) in [5.41, 5.74) is 2.12. The third-order valence-electron chi connectivity index (χ3n) is 1.38. The van der Waals surface area contributed by atoms with Crippen molar-refractivity contribution in [3.05, 3.63) is 24.0 Å². The molecule has 0 spiro atoms. The average molecular weight is 211 g/mol. The van der Waals surface area contributed by atoms with Crippen molar-refractivity contribution in [3.63, 3.8) is 0 Å². The van der Waals surface area contributed by atoms with Crippen LogP contribution in [0.4, 0.5) is 10.4 Å². The largest absolute Gasteiger partial charge is 0.269 e. The molecule has 0 aliphatic carbocycles. The molecule has 1 aliphatic rings. The maximum absolute atomic E-state index is 4.13. The summed E-state index contributed by atoms with van der Waals surface area (Å²) < 4.78 is 0. The van der Waals surface area contributed by atoms with E-state index in [1.54, 1.807) is 6.20 Å². The van der Waals surface area contributed by atoms with Gasteiger partial charge >= 0.3 is 0 Å². The lowest BCUT2D eigenvalue weighted by Gasteiger charge is -1.90. The van der Waals surface area contributed by atoms with E-state index in [1.807, 2.05) is 18.3 Å². The number of rotatable bonds is 0. The van der Waals surface area contributed by atoms with Crippen molar-refractivity contribution < 1.29 is 4.70 Å². The zero-order valence-corrected chi connectivity index (χ0v) is 7.77. The van der Waals surface area contributed by atoms with Gasteiger partial charge in [0, 0.05) is 18.8 Å². The minimum absolute atomic E-state index is 0. The number of hydrogen-bond acceptors (Lipinski definition) is 2. The van der Waals surface area contributed by atoms with Crippen LogP contribution in [-0.4, -0.2) is 11.2 Å². The molecular weight excluding hydrogens is 202 g/mol. The molecule has 1 aliphatic heterocycles. The monoisotopic (exact) mass is 210 g/mol. The van der Waals surface area contributed by atoms with E-state index in [9.17, 15) is 0 Å². The summed E-state index contributed by atoms with van der Waals surface area (Å²) in [6.07, 6.45) is 4.58. The summed E-state index contributed by atoms with van der Waals surface area (Å²) in [6, 6.07) is 3.88. The number of fused-ring (bicyclic) bond motifs is 1. The highest BCUT2D eigenvalue weighted by Gasteiger charge is 2.03. The van der Waals surface area contributed by atoms with Crippen LogP contribution in [-0.2, 0) is 6.42 Å². The molecule has 5 heteroatoms. The number of aromatic nitrogens is 1. The van der Waals surface area contributed by atoms with Crippen molar-refractivity contribution in [1.29, 1.82) is 0 Å². The Morgan fingerprint density at radius 3 is 2.67 bits per heavy atom. The molecule has 0 atom stereocenters. The SMILES string of the molecule is C1=Nc2cccnc2C1.Cl.Cl.F. The Hall–Kier alpha value is -0.670. The highest BCUT2D eigenvalue weighted by molar-refractivity contribution is 5.85. The van der Waals surface area contributed by atoms with Crippen molar-refractivity contribution in [3.8, 4) is 0 Å². The van der Waals surface area contributed by atoms with Crippen LogP contribution in [0.2, 0.25) is 0 Å². The topological polar surface area (TPSA) is 25.2 Å². The van der Waals surface area contributed by atoms with Crippen molar-refractivity contribution >= 4 is 36.7 Å². The molecule has 68 valence electrons. The van der Waals surface area contributed by atoms with Gasteiger partial charge in [-0.2, -0.15) is 0 Å². The smallest absolute Gasteiger partial charge is 0.0844 e. The first-order chi connectivity index (χ1) is 4.47. The molecular formula is C7H9Cl2FN2. The Morgan fingerprint density at radius 1 is 1.25 bits per heavy atom. The van der Waals surface area contributed by atoms with Crippen LogP contribution in [0, 0.1) is 0 Å². The van der Waals surface area contributed by atoms with Crippen LogP contribution in [0.5, 0.6) is 0 Å². The second kappa shape index (κ2) is 5.91. The summed E-state index contributed by atoms with van der Waals surface area (Å²) in [5, 5.41) is 0. The van der Waals surface area contributed by atoms with E-state index in [1.165, 1.54) is 0 Å². The van der Waals surface area contributed by atoms with Gasteiger partial charge in [-0.1, -0.05) is 0 Å². The molecule has 0 saturated heterocycles. The molecule has 0 amide bonds. The summed E-state index contributed by atoms with van der Waals surface area (Å²) in [5.74, 6) is 0. The van der Waals surface area contributed by atoms with Gasteiger partial charge in [-0.25, -0.2) is 0 Å². The normalized spacial score (nSPS) is 10.3. The van der Waals surface area contributed by atoms with Crippen LogP contribution in [0.3, 0.4) is 0 Å². The second-order valence-electron chi connectivity index (χ2n) is 1.99. The predicted octanol–water partition coefficient (Wildman–Crippen LogP) is 2.34. The zero-order chi connectivity index (χ0) is 6.10. The minimum atomic E-state index is 0. The maximum Gasteiger partial charge on any atom is 0.0844 e. The van der Waals surface area contributed by atoms with Crippen molar-refractivity contribution in [2.45, 2.75) is 6.42 Å². The first-order valence-electron chi connectivity index (χ1n) is 2.93. The van der Waals surface area contributed by atoms with E-state index in [0.29, 0.717) is 0 Å². The van der Waals surface area contributed by atoms with E-state index >= 15 is 0 Å². The van der Waals surface area contributed by atoms with Gasteiger partial charge in [0.2, 0.25) is 0 Å². The summed E-state index contributed by atoms with van der Waals surface area (Å²) in [4.78, 5) is 8.25. The van der Waals surface area contributed by atoms with Gasteiger partial charge in [-0.15, -0.1) is 24.8 Å². The van der Waals surface area contributed by atoms with Gasteiger partial charge in [0.1, 0.15) is 0 Å². The van der Waals surface area contributed by atoms with E-state index in [-0.39, 0.29) is 29.5 Å². The number of pyridine rings is 1. The number of halogens is 3. The Morgan fingerprint density at radius 2 is 2.00 bits per heavy atom. The van der Waals surface area contributed by atoms with E-state index < -0.39 is 0 Å². The molecule has 1 aromatic rings. The standard InChI is InChI=1S/C7H6N2.2ClH.FH/c1-2-6-7(8-4-1)3-5-9-6;;;/h1-2,4-5H,3H2;3*1H. The summed E-state index contributed by atoms with van der Waals surface area (Å²) in [6.45, 7) is 0. The van der Waals surface area contributed by atoms with Gasteiger partial charge < -0.3 is 0 Å². The van der Waals surface area contributed by atoms with Crippen LogP contribution >= 0.6 is 24.8 Å². The molecule has 0 saturated carbocycles. The Balaban J connectivity index is 0. The lowest BCUT2D eigenvalue weighted by molar-refractivity contribution is 1.11. The highest BCUT2D eigenvalue weighted by Crippen LogP contribution is 2.19. The molecule has 2 rings (SSSR count). The fraction of sp³-hybridized carbons (Fsp3) is 0.143. The number of aliphatic imine (C=N–C) groups is 1. The van der Waals surface area contributed by atoms with Crippen molar-refractivity contribution in [2.75, 3.05) is 0 Å². The van der Waals surface area contributed by atoms with Crippen molar-refractivity contribution in [2.24, 2.45) is 4.99 Å². The molecule has 0 bridgehead atoms. The summed E-state index contributed by atoms with van der Waals surface area (Å²) in [7, 11) is 0. The maximum atomic E-state index is 4.13. The van der Waals surface area contributed by atoms with Crippen LogP contribution in [0.15, 0.2) is 23.3 Å². The fourth-order valence-corrected chi connectivity index (χ4v) is 0.935.